The Morgan fingerprint density at radius 2 is 1.82 bits per heavy atom. The predicted octanol–water partition coefficient (Wildman–Crippen LogP) is 3.05. The number of hydrogen-bond donors (Lipinski definition) is 2. The van der Waals surface area contributed by atoms with Crippen LogP contribution in [-0.2, 0) is 9.53 Å². The van der Waals surface area contributed by atoms with Crippen molar-refractivity contribution in [2.45, 2.75) is 0 Å². The standard InChI is InChI=1S/C21H20ClN3O3/c1-28-11-10-23-20(26)13-24-21(27)16-12-19(15-7-2-4-8-17(15)22)25-18-9-5-3-6-14(16)18/h2-9,12H,10-11,13H2,1H3,(H,23,26)(H,24,27). The second-order valence-electron chi connectivity index (χ2n) is 6.08. The predicted molar refractivity (Wildman–Crippen MR) is 109 cm³/mol. The lowest BCUT2D eigenvalue weighted by Gasteiger charge is -2.11. The van der Waals surface area contributed by atoms with Gasteiger partial charge in [-0.3, -0.25) is 9.59 Å². The molecule has 0 aliphatic carbocycles. The summed E-state index contributed by atoms with van der Waals surface area (Å²) in [5.41, 5.74) is 2.44. The van der Waals surface area contributed by atoms with E-state index in [0.717, 1.165) is 5.56 Å². The van der Waals surface area contributed by atoms with Gasteiger partial charge in [0.05, 0.1) is 29.9 Å². The second-order valence-corrected chi connectivity index (χ2v) is 6.48. The molecule has 0 bridgehead atoms. The fourth-order valence-electron chi connectivity index (χ4n) is 2.78. The number of carbonyl (C=O) groups is 2. The average Bonchev–Trinajstić information content (AvgIpc) is 2.71. The lowest BCUT2D eigenvalue weighted by molar-refractivity contribution is -0.120. The lowest BCUT2D eigenvalue weighted by Crippen LogP contribution is -2.38. The number of benzene rings is 2. The van der Waals surface area contributed by atoms with Crippen molar-refractivity contribution in [3.63, 3.8) is 0 Å². The number of nitrogens with one attached hydrogen (secondary N) is 2. The highest BCUT2D eigenvalue weighted by Gasteiger charge is 2.15. The van der Waals surface area contributed by atoms with Crippen LogP contribution in [0.2, 0.25) is 5.02 Å². The maximum Gasteiger partial charge on any atom is 0.252 e. The van der Waals surface area contributed by atoms with E-state index in [2.05, 4.69) is 15.6 Å². The molecule has 28 heavy (non-hydrogen) atoms. The summed E-state index contributed by atoms with van der Waals surface area (Å²) in [6, 6.07) is 16.4. The van der Waals surface area contributed by atoms with Crippen molar-refractivity contribution >= 4 is 34.3 Å². The van der Waals surface area contributed by atoms with Gasteiger partial charge in [-0.2, -0.15) is 0 Å². The van der Waals surface area contributed by atoms with Crippen molar-refractivity contribution in [3.8, 4) is 11.3 Å². The van der Waals surface area contributed by atoms with Crippen LogP contribution in [0.5, 0.6) is 0 Å². The van der Waals surface area contributed by atoms with Crippen LogP contribution in [0.1, 0.15) is 10.4 Å². The molecule has 3 aromatic rings. The highest BCUT2D eigenvalue weighted by Crippen LogP contribution is 2.29. The summed E-state index contributed by atoms with van der Waals surface area (Å²) in [4.78, 5) is 29.3. The molecule has 1 heterocycles. The molecule has 0 unspecified atom stereocenters. The molecule has 144 valence electrons. The third-order valence-electron chi connectivity index (χ3n) is 4.15. The minimum absolute atomic E-state index is 0.124. The SMILES string of the molecule is COCCNC(=O)CNC(=O)c1cc(-c2ccccc2Cl)nc2ccccc12. The topological polar surface area (TPSA) is 80.3 Å². The van der Waals surface area contributed by atoms with Crippen molar-refractivity contribution in [2.75, 3.05) is 26.8 Å². The van der Waals surface area contributed by atoms with Crippen LogP contribution < -0.4 is 10.6 Å². The van der Waals surface area contributed by atoms with Crippen molar-refractivity contribution in [1.29, 1.82) is 0 Å². The van der Waals surface area contributed by atoms with Crippen molar-refractivity contribution in [3.05, 3.63) is 65.2 Å². The van der Waals surface area contributed by atoms with Gasteiger partial charge in [0.15, 0.2) is 0 Å². The molecule has 0 radical (unpaired) electrons. The Morgan fingerprint density at radius 1 is 1.07 bits per heavy atom. The van der Waals surface area contributed by atoms with Crippen molar-refractivity contribution in [2.24, 2.45) is 0 Å². The molecule has 2 aromatic carbocycles. The molecule has 1 aromatic heterocycles. The number of hydrogen-bond acceptors (Lipinski definition) is 4. The summed E-state index contributed by atoms with van der Waals surface area (Å²) < 4.78 is 4.88. The summed E-state index contributed by atoms with van der Waals surface area (Å²) in [5.74, 6) is -0.635. The molecule has 2 amide bonds. The average molecular weight is 398 g/mol. The molecule has 0 atom stereocenters. The molecule has 0 spiro atoms. The third kappa shape index (κ3) is 4.65. The Hall–Kier alpha value is -2.96. The van der Waals surface area contributed by atoms with Gasteiger partial charge in [-0.25, -0.2) is 4.98 Å². The Morgan fingerprint density at radius 3 is 2.61 bits per heavy atom. The zero-order chi connectivity index (χ0) is 19.9. The first kappa shape index (κ1) is 19.8. The van der Waals surface area contributed by atoms with Crippen LogP contribution in [0.25, 0.3) is 22.2 Å². The lowest BCUT2D eigenvalue weighted by atomic mass is 10.0. The number of fused-ring (bicyclic) bond motifs is 1. The summed E-state index contributed by atoms with van der Waals surface area (Å²) >= 11 is 6.30. The number of halogens is 1. The molecule has 2 N–H and O–H groups in total. The van der Waals surface area contributed by atoms with Crippen molar-refractivity contribution < 1.29 is 14.3 Å². The normalized spacial score (nSPS) is 10.6. The number of amides is 2. The monoisotopic (exact) mass is 397 g/mol. The van der Waals surface area contributed by atoms with Gasteiger partial charge in [0.2, 0.25) is 5.91 Å². The van der Waals surface area contributed by atoms with Crippen LogP contribution in [0.4, 0.5) is 0 Å². The van der Waals surface area contributed by atoms with E-state index in [9.17, 15) is 9.59 Å². The molecule has 0 saturated carbocycles. The molecular weight excluding hydrogens is 378 g/mol. The van der Waals surface area contributed by atoms with Gasteiger partial charge in [-0.15, -0.1) is 0 Å². The smallest absolute Gasteiger partial charge is 0.252 e. The molecular formula is C21H20ClN3O3. The molecule has 0 aliphatic heterocycles. The van der Waals surface area contributed by atoms with E-state index in [1.165, 1.54) is 0 Å². The Labute approximate surface area is 167 Å². The van der Waals surface area contributed by atoms with Gasteiger partial charge in [0.25, 0.3) is 5.91 Å². The quantitative estimate of drug-likeness (QED) is 0.600. The highest BCUT2D eigenvalue weighted by molar-refractivity contribution is 6.33. The Kier molecular flexibility index (Phi) is 6.57. The summed E-state index contributed by atoms with van der Waals surface area (Å²) in [7, 11) is 1.55. The van der Waals surface area contributed by atoms with Gasteiger partial charge in [0.1, 0.15) is 0 Å². The molecule has 0 fully saturated rings. The van der Waals surface area contributed by atoms with E-state index in [1.807, 2.05) is 42.5 Å². The van der Waals surface area contributed by atoms with Gasteiger partial charge >= 0.3 is 0 Å². The maximum atomic E-state index is 12.8. The number of nitrogens with zero attached hydrogens (tertiary/aromatic N) is 1. The second kappa shape index (κ2) is 9.30. The highest BCUT2D eigenvalue weighted by atomic mass is 35.5. The van der Waals surface area contributed by atoms with Crippen LogP contribution in [-0.4, -0.2) is 43.6 Å². The number of rotatable bonds is 7. The van der Waals surface area contributed by atoms with Crippen LogP contribution >= 0.6 is 11.6 Å². The van der Waals surface area contributed by atoms with Gasteiger partial charge < -0.3 is 15.4 Å². The number of carbonyl (C=O) groups excluding carboxylic acids is 2. The van der Waals surface area contributed by atoms with E-state index in [0.29, 0.717) is 40.3 Å². The molecule has 3 rings (SSSR count). The zero-order valence-electron chi connectivity index (χ0n) is 15.4. The fourth-order valence-corrected chi connectivity index (χ4v) is 3.01. The van der Waals surface area contributed by atoms with E-state index >= 15 is 0 Å². The summed E-state index contributed by atoms with van der Waals surface area (Å²) in [6.45, 7) is 0.677. The first-order valence-corrected chi connectivity index (χ1v) is 9.16. The first-order chi connectivity index (χ1) is 13.6. The Balaban J connectivity index is 1.88. The molecule has 0 saturated heterocycles. The van der Waals surface area contributed by atoms with E-state index in [-0.39, 0.29) is 18.4 Å². The molecule has 0 aliphatic rings. The van der Waals surface area contributed by atoms with Crippen LogP contribution in [0.3, 0.4) is 0 Å². The van der Waals surface area contributed by atoms with Crippen molar-refractivity contribution in [1.82, 2.24) is 15.6 Å². The van der Waals surface area contributed by atoms with Gasteiger partial charge in [-0.05, 0) is 18.2 Å². The number of methoxy groups -OCH3 is 1. The minimum Gasteiger partial charge on any atom is -0.383 e. The molecule has 6 nitrogen and oxygen atoms in total. The zero-order valence-corrected chi connectivity index (χ0v) is 16.1. The third-order valence-corrected chi connectivity index (χ3v) is 4.48. The fraction of sp³-hybridized carbons (Fsp3) is 0.190. The largest absolute Gasteiger partial charge is 0.383 e. The Bertz CT molecular complexity index is 1010. The maximum absolute atomic E-state index is 12.8. The first-order valence-electron chi connectivity index (χ1n) is 8.78. The molecule has 7 heteroatoms. The number of pyridine rings is 1. The van der Waals surface area contributed by atoms with Gasteiger partial charge in [-0.1, -0.05) is 48.0 Å². The van der Waals surface area contributed by atoms with Gasteiger partial charge in [0, 0.05) is 29.6 Å². The van der Waals surface area contributed by atoms with Crippen LogP contribution in [0.15, 0.2) is 54.6 Å². The minimum atomic E-state index is -0.353. The summed E-state index contributed by atoms with van der Waals surface area (Å²) in [6.07, 6.45) is 0. The van der Waals surface area contributed by atoms with E-state index in [1.54, 1.807) is 19.2 Å². The number of aromatic nitrogens is 1. The number of ether oxygens (including phenoxy) is 1. The van der Waals surface area contributed by atoms with E-state index < -0.39 is 0 Å². The number of para-hydroxylation sites is 1. The van der Waals surface area contributed by atoms with Crippen LogP contribution in [0, 0.1) is 0 Å². The van der Waals surface area contributed by atoms with E-state index in [4.69, 9.17) is 16.3 Å². The summed E-state index contributed by atoms with van der Waals surface area (Å²) in [5, 5.41) is 6.58.